The number of nitrogens with one attached hydrogen (secondary N) is 1. The molecule has 6 heteroatoms. The molecule has 1 aromatic heterocycles. The molecule has 4 rings (SSSR count). The zero-order valence-electron chi connectivity index (χ0n) is 14.5. The Balaban J connectivity index is 1.54. The van der Waals surface area contributed by atoms with Gasteiger partial charge in [-0.15, -0.1) is 0 Å². The van der Waals surface area contributed by atoms with Crippen LogP contribution in [0.2, 0.25) is 0 Å². The Bertz CT molecular complexity index is 1060. The Morgan fingerprint density at radius 3 is 2.44 bits per heavy atom. The van der Waals surface area contributed by atoms with Crippen molar-refractivity contribution in [3.63, 3.8) is 0 Å². The van der Waals surface area contributed by atoms with E-state index in [9.17, 15) is 14.7 Å². The molecule has 2 aromatic carbocycles. The van der Waals surface area contributed by atoms with E-state index in [0.717, 1.165) is 16.3 Å². The average Bonchev–Trinajstić information content (AvgIpc) is 3.47. The van der Waals surface area contributed by atoms with Gasteiger partial charge in [-0.2, -0.15) is 0 Å². The van der Waals surface area contributed by atoms with Crippen molar-refractivity contribution in [1.82, 2.24) is 10.3 Å². The Morgan fingerprint density at radius 2 is 1.78 bits per heavy atom. The number of carbonyl (C=O) groups is 2. The third-order valence-corrected chi connectivity index (χ3v) is 5.06. The molecular weight excluding hydrogens is 344 g/mol. The molecule has 0 aliphatic heterocycles. The first-order valence-electron chi connectivity index (χ1n) is 8.68. The van der Waals surface area contributed by atoms with Crippen molar-refractivity contribution in [1.29, 1.82) is 0 Å². The zero-order valence-corrected chi connectivity index (χ0v) is 14.5. The SMILES string of the molecule is O=C(NCC1(C(=O)O)CC1)c1ncc(-c2ccc3ccccc3c2)cc1O. The minimum Gasteiger partial charge on any atom is -0.505 e. The second-order valence-electron chi connectivity index (χ2n) is 6.92. The molecule has 1 fully saturated rings. The summed E-state index contributed by atoms with van der Waals surface area (Å²) in [6, 6.07) is 15.4. The second kappa shape index (κ2) is 6.39. The summed E-state index contributed by atoms with van der Waals surface area (Å²) in [7, 11) is 0. The molecule has 1 aliphatic carbocycles. The molecular formula is C21H18N2O4. The summed E-state index contributed by atoms with van der Waals surface area (Å²) in [5.74, 6) is -1.73. The highest BCUT2D eigenvalue weighted by Crippen LogP contribution is 2.45. The highest BCUT2D eigenvalue weighted by Gasteiger charge is 2.50. The van der Waals surface area contributed by atoms with Crippen LogP contribution in [0.3, 0.4) is 0 Å². The van der Waals surface area contributed by atoms with Crippen molar-refractivity contribution >= 4 is 22.6 Å². The van der Waals surface area contributed by atoms with E-state index in [1.54, 1.807) is 0 Å². The van der Waals surface area contributed by atoms with Crippen molar-refractivity contribution in [2.24, 2.45) is 5.41 Å². The first-order chi connectivity index (χ1) is 13.0. The maximum atomic E-state index is 12.3. The summed E-state index contributed by atoms with van der Waals surface area (Å²) in [4.78, 5) is 27.5. The second-order valence-corrected chi connectivity index (χ2v) is 6.92. The molecule has 0 unspecified atom stereocenters. The summed E-state index contributed by atoms with van der Waals surface area (Å²) in [5.41, 5.74) is 0.599. The van der Waals surface area contributed by atoms with Gasteiger partial charge in [0.1, 0.15) is 5.75 Å². The molecule has 136 valence electrons. The van der Waals surface area contributed by atoms with Gasteiger partial charge in [0, 0.05) is 18.3 Å². The fraction of sp³-hybridized carbons (Fsp3) is 0.190. The molecule has 3 N–H and O–H groups in total. The van der Waals surface area contributed by atoms with Crippen LogP contribution in [0.15, 0.2) is 54.7 Å². The molecule has 0 saturated heterocycles. The Kier molecular flexibility index (Phi) is 4.03. The number of aliphatic carboxylic acids is 1. The van der Waals surface area contributed by atoms with Gasteiger partial charge in [-0.3, -0.25) is 9.59 Å². The summed E-state index contributed by atoms with van der Waals surface area (Å²) < 4.78 is 0. The van der Waals surface area contributed by atoms with E-state index in [4.69, 9.17) is 5.11 Å². The molecule has 27 heavy (non-hydrogen) atoms. The highest BCUT2D eigenvalue weighted by atomic mass is 16.4. The number of hydrogen-bond donors (Lipinski definition) is 3. The smallest absolute Gasteiger partial charge is 0.311 e. The summed E-state index contributed by atoms with van der Waals surface area (Å²) in [6.45, 7) is 0.0364. The van der Waals surface area contributed by atoms with Gasteiger partial charge in [0.25, 0.3) is 5.91 Å². The van der Waals surface area contributed by atoms with E-state index < -0.39 is 17.3 Å². The number of benzene rings is 2. The number of carbonyl (C=O) groups excluding carboxylic acids is 1. The van der Waals surface area contributed by atoms with Crippen LogP contribution in [-0.4, -0.2) is 33.6 Å². The third-order valence-electron chi connectivity index (χ3n) is 5.06. The number of nitrogens with zero attached hydrogens (tertiary/aromatic N) is 1. The molecule has 0 spiro atoms. The minimum atomic E-state index is -0.911. The Labute approximate surface area is 155 Å². The number of carboxylic acid groups (broad SMARTS) is 1. The Hall–Kier alpha value is -3.41. The van der Waals surface area contributed by atoms with Gasteiger partial charge in [-0.1, -0.05) is 36.4 Å². The van der Waals surface area contributed by atoms with Gasteiger partial charge in [-0.05, 0) is 41.3 Å². The van der Waals surface area contributed by atoms with E-state index in [0.29, 0.717) is 18.4 Å². The van der Waals surface area contributed by atoms with Crippen molar-refractivity contribution < 1.29 is 19.8 Å². The van der Waals surface area contributed by atoms with E-state index >= 15 is 0 Å². The van der Waals surface area contributed by atoms with Crippen LogP contribution in [0.4, 0.5) is 0 Å². The van der Waals surface area contributed by atoms with Crippen LogP contribution < -0.4 is 5.32 Å². The average molecular weight is 362 g/mol. The van der Waals surface area contributed by atoms with Crippen LogP contribution >= 0.6 is 0 Å². The van der Waals surface area contributed by atoms with Gasteiger partial charge in [0.15, 0.2) is 5.69 Å². The fourth-order valence-corrected chi connectivity index (χ4v) is 3.11. The van der Waals surface area contributed by atoms with Gasteiger partial charge >= 0.3 is 5.97 Å². The molecule has 1 saturated carbocycles. The number of aromatic hydroxyl groups is 1. The van der Waals surface area contributed by atoms with Crippen LogP contribution in [0.25, 0.3) is 21.9 Å². The molecule has 1 aliphatic rings. The highest BCUT2D eigenvalue weighted by molar-refractivity contribution is 5.96. The van der Waals surface area contributed by atoms with Crippen LogP contribution in [-0.2, 0) is 4.79 Å². The van der Waals surface area contributed by atoms with Crippen molar-refractivity contribution in [3.05, 3.63) is 60.4 Å². The normalized spacial score (nSPS) is 14.7. The van der Waals surface area contributed by atoms with Gasteiger partial charge in [0.05, 0.1) is 5.41 Å². The van der Waals surface area contributed by atoms with Crippen LogP contribution in [0.5, 0.6) is 5.75 Å². The maximum absolute atomic E-state index is 12.3. The molecule has 6 nitrogen and oxygen atoms in total. The molecule has 1 amide bonds. The van der Waals surface area contributed by atoms with E-state index in [2.05, 4.69) is 10.3 Å². The van der Waals surface area contributed by atoms with Crippen molar-refractivity contribution in [2.45, 2.75) is 12.8 Å². The quantitative estimate of drug-likeness (QED) is 0.647. The largest absolute Gasteiger partial charge is 0.505 e. The standard InChI is InChI=1S/C21H18N2O4/c24-17-10-16(15-6-5-13-3-1-2-4-14(13)9-15)11-22-18(17)19(25)23-12-21(7-8-21)20(26)27/h1-6,9-11,24H,7-8,12H2,(H,23,25)(H,26,27). The molecule has 0 radical (unpaired) electrons. The molecule has 0 atom stereocenters. The monoisotopic (exact) mass is 362 g/mol. The van der Waals surface area contributed by atoms with Gasteiger partial charge in [-0.25, -0.2) is 4.98 Å². The minimum absolute atomic E-state index is 0.0364. The molecule has 0 bridgehead atoms. The van der Waals surface area contributed by atoms with Crippen molar-refractivity contribution in [3.8, 4) is 16.9 Å². The summed E-state index contributed by atoms with van der Waals surface area (Å²) in [6.07, 6.45) is 2.62. The lowest BCUT2D eigenvalue weighted by atomic mass is 10.0. The molecule has 1 heterocycles. The van der Waals surface area contributed by atoms with E-state index in [1.807, 2.05) is 42.5 Å². The fourth-order valence-electron chi connectivity index (χ4n) is 3.11. The third kappa shape index (κ3) is 3.21. The van der Waals surface area contributed by atoms with Crippen LogP contribution in [0, 0.1) is 5.41 Å². The number of amides is 1. The first kappa shape index (κ1) is 17.0. The van der Waals surface area contributed by atoms with Gasteiger partial charge in [0.2, 0.25) is 0 Å². The van der Waals surface area contributed by atoms with Gasteiger partial charge < -0.3 is 15.5 Å². The number of pyridine rings is 1. The maximum Gasteiger partial charge on any atom is 0.311 e. The van der Waals surface area contributed by atoms with E-state index in [1.165, 1.54) is 12.3 Å². The summed E-state index contributed by atoms with van der Waals surface area (Å²) in [5, 5.41) is 24.2. The lowest BCUT2D eigenvalue weighted by Crippen LogP contribution is -2.34. The predicted molar refractivity (Wildman–Crippen MR) is 100 cm³/mol. The first-order valence-corrected chi connectivity index (χ1v) is 8.68. The number of carboxylic acids is 1. The Morgan fingerprint density at radius 1 is 1.04 bits per heavy atom. The lowest BCUT2D eigenvalue weighted by molar-refractivity contribution is -0.143. The predicted octanol–water partition coefficient (Wildman–Crippen LogP) is 3.20. The number of fused-ring (bicyclic) bond motifs is 1. The van der Waals surface area contributed by atoms with Crippen molar-refractivity contribution in [2.75, 3.05) is 6.54 Å². The van der Waals surface area contributed by atoms with E-state index in [-0.39, 0.29) is 18.0 Å². The number of hydrogen-bond acceptors (Lipinski definition) is 4. The summed E-state index contributed by atoms with van der Waals surface area (Å²) >= 11 is 0. The topological polar surface area (TPSA) is 99.5 Å². The zero-order chi connectivity index (χ0) is 19.0. The number of aromatic nitrogens is 1. The number of rotatable bonds is 5. The van der Waals surface area contributed by atoms with Crippen LogP contribution in [0.1, 0.15) is 23.3 Å². The molecule has 3 aromatic rings. The lowest BCUT2D eigenvalue weighted by Gasteiger charge is -2.12.